The molecular formula is C34H39N3O4S. The zero-order chi connectivity index (χ0) is 29.3. The number of hydrogen-bond donors (Lipinski definition) is 1. The van der Waals surface area contributed by atoms with Gasteiger partial charge >= 0.3 is 6.09 Å². The first-order valence-corrected chi connectivity index (χ1v) is 15.7. The van der Waals surface area contributed by atoms with E-state index in [1.165, 1.54) is 24.1 Å². The molecule has 6 rings (SSSR count). The summed E-state index contributed by atoms with van der Waals surface area (Å²) in [6.45, 7) is 11.0. The molecule has 0 spiro atoms. The van der Waals surface area contributed by atoms with Crippen molar-refractivity contribution in [3.8, 4) is 10.4 Å². The van der Waals surface area contributed by atoms with Crippen LogP contribution in [0.25, 0.3) is 21.3 Å². The van der Waals surface area contributed by atoms with Gasteiger partial charge in [-0.15, -0.1) is 11.3 Å². The predicted molar refractivity (Wildman–Crippen MR) is 169 cm³/mol. The van der Waals surface area contributed by atoms with Gasteiger partial charge in [-0.05, 0) is 98.5 Å². The molecule has 1 amide bonds. The maximum absolute atomic E-state index is 13.7. The molecule has 0 unspecified atom stereocenters. The topological polar surface area (TPSA) is 72.8 Å². The number of ketones is 1. The number of rotatable bonds is 9. The number of carbonyl (C=O) groups is 2. The lowest BCUT2D eigenvalue weighted by molar-refractivity contribution is 0.0364. The first kappa shape index (κ1) is 28.6. The van der Waals surface area contributed by atoms with Gasteiger partial charge in [-0.25, -0.2) is 4.79 Å². The van der Waals surface area contributed by atoms with Crippen molar-refractivity contribution in [3.63, 3.8) is 0 Å². The summed E-state index contributed by atoms with van der Waals surface area (Å²) >= 11 is 1.64. The van der Waals surface area contributed by atoms with Gasteiger partial charge in [0, 0.05) is 65.3 Å². The van der Waals surface area contributed by atoms with E-state index in [-0.39, 0.29) is 12.2 Å². The number of thiophene rings is 1. The fourth-order valence-electron chi connectivity index (χ4n) is 5.65. The molecule has 0 atom stereocenters. The molecule has 2 aromatic carbocycles. The average molecular weight is 586 g/mol. The van der Waals surface area contributed by atoms with Crippen LogP contribution in [0.2, 0.25) is 0 Å². The lowest BCUT2D eigenvalue weighted by Gasteiger charge is -2.27. The molecule has 0 radical (unpaired) electrons. The van der Waals surface area contributed by atoms with E-state index >= 15 is 0 Å². The number of anilines is 1. The minimum Gasteiger partial charge on any atom is -0.444 e. The molecule has 1 saturated carbocycles. The Morgan fingerprint density at radius 1 is 1.02 bits per heavy atom. The van der Waals surface area contributed by atoms with Crippen molar-refractivity contribution in [2.75, 3.05) is 38.2 Å². The van der Waals surface area contributed by atoms with E-state index in [2.05, 4.69) is 33.0 Å². The second-order valence-corrected chi connectivity index (χ2v) is 13.2. The van der Waals surface area contributed by atoms with Crippen LogP contribution in [-0.2, 0) is 22.4 Å². The van der Waals surface area contributed by atoms with Crippen LogP contribution in [0.15, 0.2) is 60.0 Å². The van der Waals surface area contributed by atoms with Crippen molar-refractivity contribution >= 4 is 39.8 Å². The molecule has 2 aromatic heterocycles. The van der Waals surface area contributed by atoms with E-state index in [1.807, 2.05) is 62.5 Å². The van der Waals surface area contributed by atoms with E-state index in [1.54, 1.807) is 11.3 Å². The smallest absolute Gasteiger partial charge is 0.412 e. The van der Waals surface area contributed by atoms with Gasteiger partial charge in [0.1, 0.15) is 5.60 Å². The fourth-order valence-corrected chi connectivity index (χ4v) is 6.37. The van der Waals surface area contributed by atoms with E-state index in [0.29, 0.717) is 17.2 Å². The first-order valence-electron chi connectivity index (χ1n) is 14.9. The molecule has 8 heteroatoms. The molecule has 3 heterocycles. The summed E-state index contributed by atoms with van der Waals surface area (Å²) in [6.07, 6.45) is 2.09. The average Bonchev–Trinajstić information content (AvgIpc) is 3.52. The van der Waals surface area contributed by atoms with Crippen LogP contribution in [0, 0.1) is 0 Å². The molecule has 1 saturated heterocycles. The molecule has 1 aliphatic carbocycles. The Kier molecular flexibility index (Phi) is 8.21. The SMILES string of the molecule is CC(C)(C)OC(=O)Nc1ccc(-c2cccs2)cc1CC(=O)c1ccc2c(c1)cc(C1CC1)n2CCN1CCOCC1. The van der Waals surface area contributed by atoms with Crippen molar-refractivity contribution in [2.45, 2.75) is 58.1 Å². The summed E-state index contributed by atoms with van der Waals surface area (Å²) < 4.78 is 13.5. The first-order chi connectivity index (χ1) is 20.2. The fraction of sp³-hybridized carbons (Fsp3) is 0.412. The van der Waals surface area contributed by atoms with E-state index in [9.17, 15) is 9.59 Å². The number of nitrogens with one attached hydrogen (secondary N) is 1. The van der Waals surface area contributed by atoms with Crippen LogP contribution < -0.4 is 5.32 Å². The second-order valence-electron chi connectivity index (χ2n) is 12.3. The third-order valence-electron chi connectivity index (χ3n) is 7.89. The Bertz CT molecular complexity index is 1570. The second kappa shape index (κ2) is 12.0. The number of Topliss-reactive ketones (excluding diaryl/α,β-unsaturated/α-hetero) is 1. The van der Waals surface area contributed by atoms with E-state index < -0.39 is 11.7 Å². The van der Waals surface area contributed by atoms with Gasteiger partial charge in [0.2, 0.25) is 0 Å². The van der Waals surface area contributed by atoms with Crippen LogP contribution in [-0.4, -0.2) is 59.8 Å². The van der Waals surface area contributed by atoms with Crippen molar-refractivity contribution in [1.29, 1.82) is 0 Å². The number of carbonyl (C=O) groups excluding carboxylic acids is 2. The molecule has 1 N–H and O–H groups in total. The Balaban J connectivity index is 1.25. The third kappa shape index (κ3) is 6.77. The quantitative estimate of drug-likeness (QED) is 0.208. The van der Waals surface area contributed by atoms with E-state index in [0.717, 1.165) is 60.8 Å². The van der Waals surface area contributed by atoms with Gasteiger partial charge in [0.15, 0.2) is 5.78 Å². The summed E-state index contributed by atoms with van der Waals surface area (Å²) in [4.78, 5) is 29.9. The van der Waals surface area contributed by atoms with Crippen LogP contribution in [0.4, 0.5) is 10.5 Å². The maximum atomic E-state index is 13.7. The largest absolute Gasteiger partial charge is 0.444 e. The molecule has 4 aromatic rings. The normalized spacial score (nSPS) is 16.1. The summed E-state index contributed by atoms with van der Waals surface area (Å²) in [7, 11) is 0. The molecule has 7 nitrogen and oxygen atoms in total. The lowest BCUT2D eigenvalue weighted by Crippen LogP contribution is -2.38. The number of aromatic nitrogens is 1. The lowest BCUT2D eigenvalue weighted by atomic mass is 9.98. The highest BCUT2D eigenvalue weighted by molar-refractivity contribution is 7.13. The van der Waals surface area contributed by atoms with Crippen LogP contribution >= 0.6 is 11.3 Å². The highest BCUT2D eigenvalue weighted by Gasteiger charge is 2.28. The Labute approximate surface area is 251 Å². The van der Waals surface area contributed by atoms with Crippen LogP contribution in [0.3, 0.4) is 0 Å². The monoisotopic (exact) mass is 585 g/mol. The standard InChI is InChI=1S/C34H39N3O4S/c1-34(2,3)41-33(39)35-28-10-8-25(32-5-4-18-42-32)20-26(28)22-31(38)24-9-11-29-27(19-24)21-30(23-6-7-23)37(29)13-12-36-14-16-40-17-15-36/h4-5,8-11,18-21,23H,6-7,12-17,22H2,1-3H3,(H,35,39). The van der Waals surface area contributed by atoms with Crippen molar-refractivity contribution in [1.82, 2.24) is 9.47 Å². The Morgan fingerprint density at radius 2 is 1.83 bits per heavy atom. The molecule has 2 fully saturated rings. The molecule has 0 bridgehead atoms. The van der Waals surface area contributed by atoms with Gasteiger partial charge < -0.3 is 14.0 Å². The molecule has 1 aliphatic heterocycles. The number of hydrogen-bond acceptors (Lipinski definition) is 6. The van der Waals surface area contributed by atoms with Crippen LogP contribution in [0.1, 0.15) is 61.1 Å². The molecule has 2 aliphatic rings. The number of benzene rings is 2. The van der Waals surface area contributed by atoms with Gasteiger partial charge in [0.05, 0.1) is 13.2 Å². The van der Waals surface area contributed by atoms with Gasteiger partial charge in [-0.1, -0.05) is 12.1 Å². The van der Waals surface area contributed by atoms with Crippen molar-refractivity contribution in [2.24, 2.45) is 0 Å². The highest BCUT2D eigenvalue weighted by atomic mass is 32.1. The zero-order valence-electron chi connectivity index (χ0n) is 24.7. The zero-order valence-corrected chi connectivity index (χ0v) is 25.5. The number of fused-ring (bicyclic) bond motifs is 1. The molecular weight excluding hydrogens is 546 g/mol. The minimum atomic E-state index is -0.621. The van der Waals surface area contributed by atoms with Gasteiger partial charge in [-0.3, -0.25) is 15.0 Å². The summed E-state index contributed by atoms with van der Waals surface area (Å²) in [5.74, 6) is 0.629. The predicted octanol–water partition coefficient (Wildman–Crippen LogP) is 7.35. The molecule has 220 valence electrons. The molecule has 42 heavy (non-hydrogen) atoms. The van der Waals surface area contributed by atoms with E-state index in [4.69, 9.17) is 9.47 Å². The Morgan fingerprint density at radius 3 is 2.55 bits per heavy atom. The van der Waals surface area contributed by atoms with Crippen molar-refractivity contribution < 1.29 is 19.1 Å². The number of ether oxygens (including phenoxy) is 2. The summed E-state index contributed by atoms with van der Waals surface area (Å²) in [6, 6.07) is 18.3. The Hall–Kier alpha value is -3.46. The van der Waals surface area contributed by atoms with Gasteiger partial charge in [0.25, 0.3) is 0 Å². The summed E-state index contributed by atoms with van der Waals surface area (Å²) in [5.41, 5.74) is 5.00. The number of morpholine rings is 1. The van der Waals surface area contributed by atoms with Crippen molar-refractivity contribution in [3.05, 3.63) is 76.8 Å². The number of amides is 1. The maximum Gasteiger partial charge on any atom is 0.412 e. The minimum absolute atomic E-state index is 0.0153. The summed E-state index contributed by atoms with van der Waals surface area (Å²) in [5, 5.41) is 6.02. The number of nitrogens with zero attached hydrogens (tertiary/aromatic N) is 2. The van der Waals surface area contributed by atoms with Crippen LogP contribution in [0.5, 0.6) is 0 Å². The van der Waals surface area contributed by atoms with Gasteiger partial charge in [-0.2, -0.15) is 0 Å². The highest BCUT2D eigenvalue weighted by Crippen LogP contribution is 2.42. The third-order valence-corrected chi connectivity index (χ3v) is 8.81.